The van der Waals surface area contributed by atoms with E-state index in [2.05, 4.69) is 26.0 Å². The number of carbonyl (C=O) groups excluding carboxylic acids is 1. The van der Waals surface area contributed by atoms with Gasteiger partial charge in [0.05, 0.1) is 20.0 Å². The number of rotatable bonds is 9. The average molecular weight is 395 g/mol. The van der Waals surface area contributed by atoms with Crippen molar-refractivity contribution in [2.45, 2.75) is 0 Å². The van der Waals surface area contributed by atoms with Crippen LogP contribution in [0.3, 0.4) is 0 Å². The zero-order valence-electron chi connectivity index (χ0n) is 12.4. The van der Waals surface area contributed by atoms with Crippen LogP contribution in [0.25, 0.3) is 0 Å². The molecule has 0 atom stereocenters. The number of carbonyl (C=O) groups is 1. The number of sulfonamides is 1. The van der Waals surface area contributed by atoms with Gasteiger partial charge in [0.1, 0.15) is 11.5 Å². The summed E-state index contributed by atoms with van der Waals surface area (Å²) in [6.07, 6.45) is 0. The van der Waals surface area contributed by atoms with Crippen molar-refractivity contribution in [1.29, 1.82) is 0 Å². The molecule has 9 heteroatoms. The lowest BCUT2D eigenvalue weighted by molar-refractivity contribution is 0.0955. The standard InChI is InChI=1S/C13H19BrN2O5S/c1-20-11-7-10(8-12(9-11)21-2)13(17)15-5-6-22(18,19)16-4-3-14/h7-9,16H,3-6H2,1-2H3,(H,15,17). The van der Waals surface area contributed by atoms with E-state index in [4.69, 9.17) is 9.47 Å². The smallest absolute Gasteiger partial charge is 0.251 e. The number of nitrogens with one attached hydrogen (secondary N) is 2. The molecule has 0 aliphatic heterocycles. The topological polar surface area (TPSA) is 93.7 Å². The van der Waals surface area contributed by atoms with E-state index in [0.717, 1.165) is 0 Å². The molecule has 124 valence electrons. The van der Waals surface area contributed by atoms with Gasteiger partial charge in [0.25, 0.3) is 5.91 Å². The summed E-state index contributed by atoms with van der Waals surface area (Å²) >= 11 is 3.13. The van der Waals surface area contributed by atoms with Gasteiger partial charge in [-0.05, 0) is 12.1 Å². The molecule has 0 saturated heterocycles. The first-order chi connectivity index (χ1) is 10.4. The molecule has 1 aromatic rings. The first-order valence-corrected chi connectivity index (χ1v) is 9.24. The van der Waals surface area contributed by atoms with Crippen molar-refractivity contribution in [2.24, 2.45) is 0 Å². The molecule has 1 amide bonds. The number of hydrogen-bond acceptors (Lipinski definition) is 5. The lowest BCUT2D eigenvalue weighted by atomic mass is 10.2. The fourth-order valence-corrected chi connectivity index (χ4v) is 2.99. The van der Waals surface area contributed by atoms with E-state index in [1.807, 2.05) is 0 Å². The van der Waals surface area contributed by atoms with Crippen molar-refractivity contribution in [3.63, 3.8) is 0 Å². The third kappa shape index (κ3) is 6.20. The summed E-state index contributed by atoms with van der Waals surface area (Å²) in [6.45, 7) is 0.319. The number of benzene rings is 1. The highest BCUT2D eigenvalue weighted by Gasteiger charge is 2.12. The van der Waals surface area contributed by atoms with E-state index in [1.54, 1.807) is 18.2 Å². The first-order valence-electron chi connectivity index (χ1n) is 6.46. The minimum Gasteiger partial charge on any atom is -0.497 e. The van der Waals surface area contributed by atoms with Crippen molar-refractivity contribution >= 4 is 31.9 Å². The molecule has 2 N–H and O–H groups in total. The first kappa shape index (κ1) is 18.7. The summed E-state index contributed by atoms with van der Waals surface area (Å²) in [5.74, 6) is 0.382. The van der Waals surface area contributed by atoms with Gasteiger partial charge in [-0.15, -0.1) is 0 Å². The van der Waals surface area contributed by atoms with Crippen LogP contribution in [0.1, 0.15) is 10.4 Å². The highest BCUT2D eigenvalue weighted by molar-refractivity contribution is 9.09. The molecule has 7 nitrogen and oxygen atoms in total. The van der Waals surface area contributed by atoms with Crippen molar-refractivity contribution in [1.82, 2.24) is 10.0 Å². The van der Waals surface area contributed by atoms with Crippen LogP contribution in [0, 0.1) is 0 Å². The van der Waals surface area contributed by atoms with Gasteiger partial charge in [-0.25, -0.2) is 13.1 Å². The van der Waals surface area contributed by atoms with Gasteiger partial charge in [0, 0.05) is 30.0 Å². The Bertz CT molecular complexity index is 584. The minimum atomic E-state index is -3.39. The predicted molar refractivity (Wildman–Crippen MR) is 87.5 cm³/mol. The Morgan fingerprint density at radius 1 is 1.14 bits per heavy atom. The van der Waals surface area contributed by atoms with Crippen molar-refractivity contribution in [3.05, 3.63) is 23.8 Å². The monoisotopic (exact) mass is 394 g/mol. The molecular weight excluding hydrogens is 376 g/mol. The van der Waals surface area contributed by atoms with E-state index < -0.39 is 15.9 Å². The average Bonchev–Trinajstić information content (AvgIpc) is 2.52. The second-order valence-electron chi connectivity index (χ2n) is 4.26. The molecular formula is C13H19BrN2O5S. The van der Waals surface area contributed by atoms with Crippen molar-refractivity contribution < 1.29 is 22.7 Å². The Balaban J connectivity index is 2.62. The SMILES string of the molecule is COc1cc(OC)cc(C(=O)NCCS(=O)(=O)NCCBr)c1. The van der Waals surface area contributed by atoms with Gasteiger partial charge in [-0.1, -0.05) is 15.9 Å². The van der Waals surface area contributed by atoms with Crippen LogP contribution in [-0.2, 0) is 10.0 Å². The molecule has 0 fully saturated rings. The largest absolute Gasteiger partial charge is 0.497 e. The van der Waals surface area contributed by atoms with Crippen molar-refractivity contribution in [3.8, 4) is 11.5 Å². The Morgan fingerprint density at radius 3 is 2.23 bits per heavy atom. The maximum atomic E-state index is 12.0. The van der Waals surface area contributed by atoms with Crippen LogP contribution in [-0.4, -0.2) is 52.7 Å². The predicted octanol–water partition coefficient (Wildman–Crippen LogP) is 0.748. The van der Waals surface area contributed by atoms with Crippen LogP contribution in [0.15, 0.2) is 18.2 Å². The molecule has 0 spiro atoms. The lowest BCUT2D eigenvalue weighted by Crippen LogP contribution is -2.35. The number of alkyl halides is 1. The van der Waals surface area contributed by atoms with Gasteiger partial charge in [0.15, 0.2) is 0 Å². The summed E-state index contributed by atoms with van der Waals surface area (Å²) in [5, 5.41) is 3.08. The third-order valence-corrected chi connectivity index (χ3v) is 4.47. The molecule has 0 aromatic heterocycles. The van der Waals surface area contributed by atoms with Gasteiger partial charge >= 0.3 is 0 Å². The van der Waals surface area contributed by atoms with E-state index in [0.29, 0.717) is 28.9 Å². The molecule has 1 rings (SSSR count). The zero-order valence-corrected chi connectivity index (χ0v) is 14.8. The van der Waals surface area contributed by atoms with Gasteiger partial charge in [-0.3, -0.25) is 4.79 Å². The quantitative estimate of drug-likeness (QED) is 0.602. The van der Waals surface area contributed by atoms with E-state index in [-0.39, 0.29) is 12.3 Å². The second kappa shape index (κ2) is 8.96. The maximum absolute atomic E-state index is 12.0. The lowest BCUT2D eigenvalue weighted by Gasteiger charge is -2.10. The number of ether oxygens (including phenoxy) is 2. The number of amides is 1. The number of hydrogen-bond donors (Lipinski definition) is 2. The summed E-state index contributed by atoms with van der Waals surface area (Å²) in [6, 6.07) is 4.75. The number of methoxy groups -OCH3 is 2. The Morgan fingerprint density at radius 2 is 1.73 bits per heavy atom. The molecule has 0 aliphatic carbocycles. The van der Waals surface area contributed by atoms with Gasteiger partial charge in [0.2, 0.25) is 10.0 Å². The molecule has 0 heterocycles. The Kier molecular flexibility index (Phi) is 7.63. The molecule has 22 heavy (non-hydrogen) atoms. The Hall–Kier alpha value is -1.32. The van der Waals surface area contributed by atoms with Crippen LogP contribution < -0.4 is 19.5 Å². The summed E-state index contributed by atoms with van der Waals surface area (Å²) in [5.41, 5.74) is 0.335. The van der Waals surface area contributed by atoms with Crippen molar-refractivity contribution in [2.75, 3.05) is 38.4 Å². The fourth-order valence-electron chi connectivity index (χ4n) is 1.61. The van der Waals surface area contributed by atoms with Crippen LogP contribution in [0.4, 0.5) is 0 Å². The van der Waals surface area contributed by atoms with E-state index >= 15 is 0 Å². The van der Waals surface area contributed by atoms with Crippen LogP contribution in [0.2, 0.25) is 0 Å². The normalized spacial score (nSPS) is 11.0. The second-order valence-corrected chi connectivity index (χ2v) is 6.98. The molecule has 0 saturated carbocycles. The van der Waals surface area contributed by atoms with Gasteiger partial charge in [-0.2, -0.15) is 0 Å². The number of halogens is 1. The van der Waals surface area contributed by atoms with Gasteiger partial charge < -0.3 is 14.8 Å². The zero-order chi connectivity index (χ0) is 16.6. The fraction of sp³-hybridized carbons (Fsp3) is 0.462. The molecule has 0 bridgehead atoms. The van der Waals surface area contributed by atoms with Crippen LogP contribution in [0.5, 0.6) is 11.5 Å². The van der Waals surface area contributed by atoms with E-state index in [9.17, 15) is 13.2 Å². The molecule has 0 aliphatic rings. The molecule has 0 radical (unpaired) electrons. The minimum absolute atomic E-state index is 0.00990. The molecule has 1 aromatic carbocycles. The third-order valence-electron chi connectivity index (χ3n) is 2.69. The van der Waals surface area contributed by atoms with Crippen LogP contribution >= 0.6 is 15.9 Å². The highest BCUT2D eigenvalue weighted by atomic mass is 79.9. The van der Waals surface area contributed by atoms with E-state index in [1.165, 1.54) is 14.2 Å². The summed E-state index contributed by atoms with van der Waals surface area (Å²) in [4.78, 5) is 12.0. The maximum Gasteiger partial charge on any atom is 0.251 e. The summed E-state index contributed by atoms with van der Waals surface area (Å²) < 4.78 is 35.7. The molecule has 0 unspecified atom stereocenters. The summed E-state index contributed by atoms with van der Waals surface area (Å²) in [7, 11) is -0.422. The highest BCUT2D eigenvalue weighted by Crippen LogP contribution is 2.22. The Labute approximate surface area is 138 Å².